The van der Waals surface area contributed by atoms with E-state index < -0.39 is 0 Å². The normalized spacial score (nSPS) is 15.1. The highest BCUT2D eigenvalue weighted by Gasteiger charge is 2.24. The van der Waals surface area contributed by atoms with Crippen molar-refractivity contribution in [3.63, 3.8) is 0 Å². The number of quaternary nitrogens is 1. The highest BCUT2D eigenvalue weighted by molar-refractivity contribution is 6.30. The Morgan fingerprint density at radius 2 is 1.89 bits per heavy atom. The van der Waals surface area contributed by atoms with Gasteiger partial charge in [0, 0.05) is 16.0 Å². The van der Waals surface area contributed by atoms with Crippen LogP contribution in [0.2, 0.25) is 5.02 Å². The highest BCUT2D eigenvalue weighted by Crippen LogP contribution is 2.10. The highest BCUT2D eigenvalue weighted by atomic mass is 35.5. The maximum absolute atomic E-state index is 12.8. The molecule has 4 rings (SSSR count). The number of amides is 1. The van der Waals surface area contributed by atoms with Gasteiger partial charge in [0.15, 0.2) is 0 Å². The van der Waals surface area contributed by atoms with Crippen molar-refractivity contribution in [2.45, 2.75) is 13.1 Å². The van der Waals surface area contributed by atoms with Gasteiger partial charge in [-0.15, -0.1) is 0 Å². The number of nitrogens with zero attached hydrogens (tertiary/aromatic N) is 3. The number of piperazine rings is 1. The van der Waals surface area contributed by atoms with Crippen molar-refractivity contribution in [1.82, 2.24) is 14.7 Å². The third-order valence-corrected chi connectivity index (χ3v) is 5.45. The zero-order valence-electron chi connectivity index (χ0n) is 15.5. The third-order valence-electron chi connectivity index (χ3n) is 5.21. The molecule has 0 unspecified atom stereocenters. The van der Waals surface area contributed by atoms with Crippen LogP contribution in [0.4, 0.5) is 0 Å². The molecule has 0 bridgehead atoms. The van der Waals surface area contributed by atoms with E-state index >= 15 is 0 Å². The standard InChI is InChI=1S/C21H21ClN4O2/c22-17-5-3-4-16(12-17)14-24-8-10-25(11-9-24)21(28)15-26-19-7-2-1-6-18(19)20(27)13-23-26/h1-7,12-13H,8-11,14-15H2/p+1. The number of rotatable bonds is 4. The average Bonchev–Trinajstić information content (AvgIpc) is 2.71. The van der Waals surface area contributed by atoms with Gasteiger partial charge in [-0.05, 0) is 24.3 Å². The zero-order chi connectivity index (χ0) is 19.5. The minimum absolute atomic E-state index is 0.0307. The lowest BCUT2D eigenvalue weighted by atomic mass is 10.2. The van der Waals surface area contributed by atoms with Gasteiger partial charge in [0.1, 0.15) is 13.1 Å². The molecule has 0 saturated carbocycles. The van der Waals surface area contributed by atoms with Crippen LogP contribution in [-0.2, 0) is 17.9 Å². The fourth-order valence-electron chi connectivity index (χ4n) is 3.70. The average molecular weight is 398 g/mol. The quantitative estimate of drug-likeness (QED) is 0.714. The molecule has 2 aromatic carbocycles. The topological polar surface area (TPSA) is 59.6 Å². The lowest BCUT2D eigenvalue weighted by Crippen LogP contribution is -3.13. The Balaban J connectivity index is 1.38. The molecule has 0 atom stereocenters. The fraction of sp³-hybridized carbons (Fsp3) is 0.286. The number of para-hydroxylation sites is 1. The third kappa shape index (κ3) is 4.08. The predicted molar refractivity (Wildman–Crippen MR) is 108 cm³/mol. The maximum atomic E-state index is 12.8. The Morgan fingerprint density at radius 3 is 2.68 bits per heavy atom. The van der Waals surface area contributed by atoms with Gasteiger partial charge in [-0.2, -0.15) is 5.10 Å². The minimum atomic E-state index is -0.127. The first-order chi connectivity index (χ1) is 13.6. The van der Waals surface area contributed by atoms with Crippen molar-refractivity contribution >= 4 is 28.4 Å². The van der Waals surface area contributed by atoms with Crippen LogP contribution >= 0.6 is 11.6 Å². The molecule has 6 nitrogen and oxygen atoms in total. The van der Waals surface area contributed by atoms with Gasteiger partial charge in [-0.3, -0.25) is 14.3 Å². The number of nitrogens with one attached hydrogen (secondary N) is 1. The lowest BCUT2D eigenvalue weighted by Gasteiger charge is -2.32. The Bertz CT molecular complexity index is 1060. The van der Waals surface area contributed by atoms with Gasteiger partial charge in [0.25, 0.3) is 0 Å². The fourth-order valence-corrected chi connectivity index (χ4v) is 3.91. The molecule has 144 valence electrons. The summed E-state index contributed by atoms with van der Waals surface area (Å²) in [5.74, 6) is 0.0307. The summed E-state index contributed by atoms with van der Waals surface area (Å²) in [6.45, 7) is 4.28. The van der Waals surface area contributed by atoms with Crippen LogP contribution in [0.15, 0.2) is 59.5 Å². The Hall–Kier alpha value is -2.70. The Morgan fingerprint density at radius 1 is 1.11 bits per heavy atom. The Labute approximate surface area is 167 Å². The number of halogens is 1. The van der Waals surface area contributed by atoms with Gasteiger partial charge in [-0.1, -0.05) is 35.9 Å². The molecule has 2 heterocycles. The van der Waals surface area contributed by atoms with Crippen LogP contribution in [0.25, 0.3) is 10.9 Å². The SMILES string of the molecule is O=C(Cn1ncc(=O)c2ccccc21)N1CC[NH+](Cc2cccc(Cl)c2)CC1. The molecular weight excluding hydrogens is 376 g/mol. The van der Waals surface area contributed by atoms with E-state index in [-0.39, 0.29) is 17.9 Å². The molecule has 1 N–H and O–H groups in total. The summed E-state index contributed by atoms with van der Waals surface area (Å²) in [4.78, 5) is 28.0. The van der Waals surface area contributed by atoms with E-state index in [2.05, 4.69) is 11.2 Å². The molecule has 0 spiro atoms. The number of carbonyl (C=O) groups excluding carboxylic acids is 1. The predicted octanol–water partition coefficient (Wildman–Crippen LogP) is 0.977. The van der Waals surface area contributed by atoms with E-state index in [4.69, 9.17) is 11.6 Å². The first-order valence-electron chi connectivity index (χ1n) is 9.41. The summed E-state index contributed by atoms with van der Waals surface area (Å²) in [5.41, 5.74) is 1.78. The van der Waals surface area contributed by atoms with E-state index in [1.165, 1.54) is 16.7 Å². The number of hydrogen-bond donors (Lipinski definition) is 1. The molecule has 1 fully saturated rings. The number of aromatic nitrogens is 2. The molecule has 28 heavy (non-hydrogen) atoms. The van der Waals surface area contributed by atoms with Crippen molar-refractivity contribution in [2.75, 3.05) is 26.2 Å². The van der Waals surface area contributed by atoms with E-state index in [0.29, 0.717) is 24.0 Å². The molecule has 1 amide bonds. The molecule has 1 saturated heterocycles. The molecule has 7 heteroatoms. The van der Waals surface area contributed by atoms with E-state index in [0.717, 1.165) is 24.7 Å². The first kappa shape index (κ1) is 18.7. The summed E-state index contributed by atoms with van der Waals surface area (Å²) in [6, 6.07) is 15.2. The molecular formula is C21H22ClN4O2+. The van der Waals surface area contributed by atoms with E-state index in [9.17, 15) is 9.59 Å². The lowest BCUT2D eigenvalue weighted by molar-refractivity contribution is -0.917. The van der Waals surface area contributed by atoms with Crippen LogP contribution in [0, 0.1) is 0 Å². The number of benzene rings is 2. The number of fused-ring (bicyclic) bond motifs is 1. The van der Waals surface area contributed by atoms with Crippen LogP contribution in [0.5, 0.6) is 0 Å². The van der Waals surface area contributed by atoms with Crippen molar-refractivity contribution < 1.29 is 9.69 Å². The largest absolute Gasteiger partial charge is 0.330 e. The van der Waals surface area contributed by atoms with Gasteiger partial charge in [0.05, 0.1) is 37.9 Å². The molecule has 1 aliphatic rings. The molecule has 0 radical (unpaired) electrons. The Kier molecular flexibility index (Phi) is 5.41. The second kappa shape index (κ2) is 8.12. The minimum Gasteiger partial charge on any atom is -0.330 e. The van der Waals surface area contributed by atoms with Gasteiger partial charge < -0.3 is 9.80 Å². The molecule has 3 aromatic rings. The van der Waals surface area contributed by atoms with Crippen molar-refractivity contribution in [3.8, 4) is 0 Å². The van der Waals surface area contributed by atoms with Crippen molar-refractivity contribution in [3.05, 3.63) is 75.5 Å². The second-order valence-electron chi connectivity index (χ2n) is 7.12. The van der Waals surface area contributed by atoms with E-state index in [1.807, 2.05) is 41.3 Å². The summed E-state index contributed by atoms with van der Waals surface area (Å²) < 4.78 is 1.62. The summed E-state index contributed by atoms with van der Waals surface area (Å²) in [7, 11) is 0. The summed E-state index contributed by atoms with van der Waals surface area (Å²) in [6.07, 6.45) is 1.28. The first-order valence-corrected chi connectivity index (χ1v) is 9.78. The van der Waals surface area contributed by atoms with Crippen molar-refractivity contribution in [1.29, 1.82) is 0 Å². The zero-order valence-corrected chi connectivity index (χ0v) is 16.2. The van der Waals surface area contributed by atoms with Gasteiger partial charge in [0.2, 0.25) is 11.3 Å². The summed E-state index contributed by atoms with van der Waals surface area (Å²) in [5, 5.41) is 5.50. The van der Waals surface area contributed by atoms with Crippen molar-refractivity contribution in [2.24, 2.45) is 0 Å². The number of carbonyl (C=O) groups is 1. The van der Waals surface area contributed by atoms with Crippen LogP contribution in [-0.4, -0.2) is 46.8 Å². The molecule has 1 aliphatic heterocycles. The van der Waals surface area contributed by atoms with Crippen LogP contribution in [0.3, 0.4) is 0 Å². The smallest absolute Gasteiger partial charge is 0.244 e. The maximum Gasteiger partial charge on any atom is 0.244 e. The monoisotopic (exact) mass is 397 g/mol. The second-order valence-corrected chi connectivity index (χ2v) is 7.56. The van der Waals surface area contributed by atoms with E-state index in [1.54, 1.807) is 10.7 Å². The number of hydrogen-bond acceptors (Lipinski definition) is 3. The molecule has 0 aliphatic carbocycles. The van der Waals surface area contributed by atoms with Gasteiger partial charge in [-0.25, -0.2) is 0 Å². The van der Waals surface area contributed by atoms with Gasteiger partial charge >= 0.3 is 0 Å². The van der Waals surface area contributed by atoms with Crippen LogP contribution < -0.4 is 10.3 Å². The summed E-state index contributed by atoms with van der Waals surface area (Å²) >= 11 is 6.07. The molecule has 1 aromatic heterocycles. The van der Waals surface area contributed by atoms with Crippen LogP contribution in [0.1, 0.15) is 5.56 Å².